The first-order valence-electron chi connectivity index (χ1n) is 7.71. The second-order valence-electron chi connectivity index (χ2n) is 5.40. The van der Waals surface area contributed by atoms with E-state index in [-0.39, 0.29) is 5.91 Å². The molecular formula is C18H17ClN2O2S2. The number of oxazole rings is 1. The van der Waals surface area contributed by atoms with E-state index in [1.165, 1.54) is 11.8 Å². The molecule has 0 atom stereocenters. The molecule has 0 bridgehead atoms. The maximum absolute atomic E-state index is 12.0. The first kappa shape index (κ1) is 18.0. The van der Waals surface area contributed by atoms with Crippen LogP contribution in [0, 0.1) is 6.92 Å². The predicted molar refractivity (Wildman–Crippen MR) is 104 cm³/mol. The Hall–Kier alpha value is -1.76. The van der Waals surface area contributed by atoms with Gasteiger partial charge in [0.2, 0.25) is 11.8 Å². The molecule has 0 saturated carbocycles. The number of hydrogen-bond donors (Lipinski definition) is 1. The van der Waals surface area contributed by atoms with Crippen molar-refractivity contribution in [2.24, 2.45) is 0 Å². The number of amides is 1. The van der Waals surface area contributed by atoms with Crippen molar-refractivity contribution in [3.8, 4) is 10.8 Å². The summed E-state index contributed by atoms with van der Waals surface area (Å²) < 4.78 is 5.71. The van der Waals surface area contributed by atoms with Crippen molar-refractivity contribution < 1.29 is 9.21 Å². The molecule has 0 radical (unpaired) electrons. The molecule has 3 aromatic rings. The first-order valence-corrected chi connectivity index (χ1v) is 10.1. The summed E-state index contributed by atoms with van der Waals surface area (Å²) in [6.45, 7) is 2.41. The lowest BCUT2D eigenvalue weighted by molar-refractivity contribution is -0.118. The summed E-state index contributed by atoms with van der Waals surface area (Å²) in [5, 5.41) is 5.59. The van der Waals surface area contributed by atoms with E-state index in [0.29, 0.717) is 29.0 Å². The number of halogens is 1. The van der Waals surface area contributed by atoms with Gasteiger partial charge >= 0.3 is 0 Å². The number of nitrogens with zero attached hydrogens (tertiary/aromatic N) is 1. The zero-order valence-electron chi connectivity index (χ0n) is 13.6. The number of thiophene rings is 1. The van der Waals surface area contributed by atoms with Crippen LogP contribution in [0.25, 0.3) is 10.8 Å². The molecule has 0 spiro atoms. The van der Waals surface area contributed by atoms with E-state index >= 15 is 0 Å². The molecule has 7 heteroatoms. The average Bonchev–Trinajstić information content (AvgIpc) is 3.25. The minimum atomic E-state index is -0.000391. The van der Waals surface area contributed by atoms with E-state index < -0.39 is 0 Å². The van der Waals surface area contributed by atoms with E-state index in [1.807, 2.05) is 48.7 Å². The van der Waals surface area contributed by atoms with E-state index in [4.69, 9.17) is 16.0 Å². The molecule has 4 nitrogen and oxygen atoms in total. The third kappa shape index (κ3) is 5.11. The lowest BCUT2D eigenvalue weighted by Crippen LogP contribution is -2.24. The van der Waals surface area contributed by atoms with Gasteiger partial charge in [0.15, 0.2) is 0 Å². The fourth-order valence-corrected chi connectivity index (χ4v) is 3.79. The molecular weight excluding hydrogens is 376 g/mol. The zero-order valence-corrected chi connectivity index (χ0v) is 16.0. The first-order chi connectivity index (χ1) is 12.1. The van der Waals surface area contributed by atoms with Gasteiger partial charge in [-0.15, -0.1) is 23.1 Å². The molecule has 0 unspecified atom stereocenters. The molecule has 2 heterocycles. The maximum atomic E-state index is 12.0. The highest BCUT2D eigenvalue weighted by Crippen LogP contribution is 2.27. The Morgan fingerprint density at radius 1 is 1.32 bits per heavy atom. The van der Waals surface area contributed by atoms with Gasteiger partial charge in [0.1, 0.15) is 5.76 Å². The van der Waals surface area contributed by atoms with Gasteiger partial charge in [0.25, 0.3) is 0 Å². The normalized spacial score (nSPS) is 10.8. The fraction of sp³-hybridized carbons (Fsp3) is 0.222. The largest absolute Gasteiger partial charge is 0.440 e. The third-order valence-corrected chi connectivity index (χ3v) is 5.55. The molecule has 0 fully saturated rings. The molecule has 25 heavy (non-hydrogen) atoms. The highest BCUT2D eigenvalue weighted by atomic mass is 35.5. The van der Waals surface area contributed by atoms with Crippen LogP contribution in [0.5, 0.6) is 0 Å². The van der Waals surface area contributed by atoms with Crippen LogP contribution in [0.2, 0.25) is 5.02 Å². The van der Waals surface area contributed by atoms with Gasteiger partial charge in [-0.1, -0.05) is 29.8 Å². The fourth-order valence-electron chi connectivity index (χ4n) is 2.16. The SMILES string of the molecule is Cc1oc(-c2cccs2)nc1CSCC(=O)NCc1ccc(Cl)cc1. The number of carbonyl (C=O) groups is 1. The van der Waals surface area contributed by atoms with Gasteiger partial charge in [-0.25, -0.2) is 4.98 Å². The summed E-state index contributed by atoms with van der Waals surface area (Å²) in [7, 11) is 0. The molecule has 3 rings (SSSR count). The second kappa shape index (κ2) is 8.56. The van der Waals surface area contributed by atoms with E-state index in [1.54, 1.807) is 11.3 Å². The number of rotatable bonds is 7. The van der Waals surface area contributed by atoms with Crippen molar-refractivity contribution in [3.63, 3.8) is 0 Å². The summed E-state index contributed by atoms with van der Waals surface area (Å²) in [6.07, 6.45) is 0. The van der Waals surface area contributed by atoms with Crippen molar-refractivity contribution in [1.29, 1.82) is 0 Å². The molecule has 0 aliphatic rings. The quantitative estimate of drug-likeness (QED) is 0.620. The van der Waals surface area contributed by atoms with Crippen LogP contribution in [0.3, 0.4) is 0 Å². The summed E-state index contributed by atoms with van der Waals surface area (Å²) >= 11 is 8.97. The van der Waals surface area contributed by atoms with Crippen molar-refractivity contribution in [3.05, 3.63) is 63.8 Å². The van der Waals surface area contributed by atoms with Gasteiger partial charge in [-0.3, -0.25) is 4.79 Å². The number of aromatic nitrogens is 1. The van der Waals surface area contributed by atoms with Crippen LogP contribution >= 0.6 is 34.7 Å². The minimum absolute atomic E-state index is 0.000391. The molecule has 1 aromatic carbocycles. The Balaban J connectivity index is 1.44. The summed E-state index contributed by atoms with van der Waals surface area (Å²) in [5.74, 6) is 2.48. The molecule has 0 aliphatic heterocycles. The number of aryl methyl sites for hydroxylation is 1. The number of hydrogen-bond acceptors (Lipinski definition) is 5. The topological polar surface area (TPSA) is 55.1 Å². The summed E-state index contributed by atoms with van der Waals surface area (Å²) in [4.78, 5) is 17.5. The highest BCUT2D eigenvalue weighted by molar-refractivity contribution is 7.99. The van der Waals surface area contributed by atoms with Crippen LogP contribution in [-0.2, 0) is 17.1 Å². The second-order valence-corrected chi connectivity index (χ2v) is 7.76. The molecule has 0 saturated heterocycles. The number of carbonyl (C=O) groups excluding carboxylic acids is 1. The van der Waals surface area contributed by atoms with Gasteiger partial charge < -0.3 is 9.73 Å². The molecule has 0 aliphatic carbocycles. The molecule has 2 aromatic heterocycles. The summed E-state index contributed by atoms with van der Waals surface area (Å²) in [6, 6.07) is 11.4. The van der Waals surface area contributed by atoms with Crippen molar-refractivity contribution >= 4 is 40.6 Å². The lowest BCUT2D eigenvalue weighted by atomic mass is 10.2. The number of benzene rings is 1. The van der Waals surface area contributed by atoms with E-state index in [9.17, 15) is 4.79 Å². The van der Waals surface area contributed by atoms with Crippen LogP contribution in [-0.4, -0.2) is 16.6 Å². The van der Waals surface area contributed by atoms with Crippen molar-refractivity contribution in [1.82, 2.24) is 10.3 Å². The Kier molecular flexibility index (Phi) is 6.18. The van der Waals surface area contributed by atoms with Crippen LogP contribution < -0.4 is 5.32 Å². The predicted octanol–water partition coefficient (Wildman–Crippen LogP) is 4.91. The standard InChI is InChI=1S/C18H17ClN2O2S2/c1-12-15(21-18(23-12)16-3-2-8-25-16)10-24-11-17(22)20-9-13-4-6-14(19)7-5-13/h2-8H,9-11H2,1H3,(H,20,22). The average molecular weight is 393 g/mol. The minimum Gasteiger partial charge on any atom is -0.440 e. The maximum Gasteiger partial charge on any atom is 0.236 e. The Morgan fingerprint density at radius 3 is 2.84 bits per heavy atom. The Morgan fingerprint density at radius 2 is 2.12 bits per heavy atom. The van der Waals surface area contributed by atoms with Gasteiger partial charge in [-0.2, -0.15) is 0 Å². The molecule has 130 valence electrons. The van der Waals surface area contributed by atoms with Gasteiger partial charge in [0.05, 0.1) is 16.3 Å². The molecule has 1 amide bonds. The Labute approximate surface area is 159 Å². The van der Waals surface area contributed by atoms with Crippen LogP contribution in [0.4, 0.5) is 0 Å². The van der Waals surface area contributed by atoms with Crippen LogP contribution in [0.15, 0.2) is 46.2 Å². The molecule has 1 N–H and O–H groups in total. The van der Waals surface area contributed by atoms with Gasteiger partial charge in [-0.05, 0) is 36.1 Å². The number of nitrogens with one attached hydrogen (secondary N) is 1. The van der Waals surface area contributed by atoms with E-state index in [0.717, 1.165) is 21.9 Å². The van der Waals surface area contributed by atoms with Crippen LogP contribution in [0.1, 0.15) is 17.0 Å². The summed E-state index contributed by atoms with van der Waals surface area (Å²) in [5.41, 5.74) is 1.91. The third-order valence-electron chi connectivity index (χ3n) is 3.50. The van der Waals surface area contributed by atoms with Gasteiger partial charge in [0, 0.05) is 17.3 Å². The monoisotopic (exact) mass is 392 g/mol. The van der Waals surface area contributed by atoms with E-state index in [2.05, 4.69) is 10.3 Å². The smallest absolute Gasteiger partial charge is 0.236 e. The zero-order chi connectivity index (χ0) is 17.6. The Bertz CT molecular complexity index is 829. The van der Waals surface area contributed by atoms with Crippen molar-refractivity contribution in [2.45, 2.75) is 19.2 Å². The van der Waals surface area contributed by atoms with Crippen molar-refractivity contribution in [2.75, 3.05) is 5.75 Å². The highest BCUT2D eigenvalue weighted by Gasteiger charge is 2.12. The number of thioether (sulfide) groups is 1. The lowest BCUT2D eigenvalue weighted by Gasteiger charge is -2.05.